The van der Waals surface area contributed by atoms with E-state index >= 15 is 0 Å². The fourth-order valence-corrected chi connectivity index (χ4v) is 2.52. The molecule has 0 spiro atoms. The second-order valence-electron chi connectivity index (χ2n) is 5.42. The van der Waals surface area contributed by atoms with Crippen LogP contribution in [-0.2, 0) is 6.54 Å². The van der Waals surface area contributed by atoms with Crippen LogP contribution in [0.3, 0.4) is 0 Å². The van der Waals surface area contributed by atoms with Crippen molar-refractivity contribution in [2.24, 2.45) is 5.73 Å². The first-order valence-corrected chi connectivity index (χ1v) is 6.75. The smallest absolute Gasteiger partial charge is 0.276 e. The minimum absolute atomic E-state index is 0.00663. The number of hydrogen-bond donors (Lipinski definition) is 2. The first-order chi connectivity index (χ1) is 9.51. The lowest BCUT2D eigenvalue weighted by molar-refractivity contribution is 0.0693. The number of aliphatic hydroxyl groups excluding tert-OH is 1. The van der Waals surface area contributed by atoms with Crippen molar-refractivity contribution in [2.45, 2.75) is 25.1 Å². The van der Waals surface area contributed by atoms with E-state index in [0.717, 1.165) is 6.54 Å². The van der Waals surface area contributed by atoms with Gasteiger partial charge in [0, 0.05) is 25.7 Å². The summed E-state index contributed by atoms with van der Waals surface area (Å²) >= 11 is 0. The molecule has 112 valence electrons. The summed E-state index contributed by atoms with van der Waals surface area (Å²) in [6, 6.07) is 0.00663. The van der Waals surface area contributed by atoms with Crippen LogP contribution in [0.5, 0.6) is 0 Å². The van der Waals surface area contributed by atoms with Crippen LogP contribution < -0.4 is 5.73 Å². The molecular weight excluding hydrogens is 260 g/mol. The maximum Gasteiger partial charge on any atom is 0.276 e. The third kappa shape index (κ3) is 3.33. The summed E-state index contributed by atoms with van der Waals surface area (Å²) in [7, 11) is 3.90. The molecule has 2 unspecified atom stereocenters. The molecule has 0 radical (unpaired) electrons. The maximum absolute atomic E-state index is 12.5. The average Bonchev–Trinajstić information content (AvgIpc) is 2.95. The number of amides is 1. The normalized spacial score (nSPS) is 22.8. The van der Waals surface area contributed by atoms with Crippen molar-refractivity contribution in [2.75, 3.05) is 33.7 Å². The van der Waals surface area contributed by atoms with Gasteiger partial charge in [0.1, 0.15) is 0 Å². The van der Waals surface area contributed by atoms with Crippen LogP contribution in [0.15, 0.2) is 6.20 Å². The van der Waals surface area contributed by atoms with Gasteiger partial charge in [0.15, 0.2) is 5.69 Å². The van der Waals surface area contributed by atoms with Crippen molar-refractivity contribution in [1.82, 2.24) is 24.8 Å². The molecule has 1 aromatic rings. The molecule has 2 rings (SSSR count). The number of nitrogens with zero attached hydrogens (tertiary/aromatic N) is 5. The van der Waals surface area contributed by atoms with Crippen molar-refractivity contribution < 1.29 is 9.90 Å². The van der Waals surface area contributed by atoms with Gasteiger partial charge in [0.2, 0.25) is 0 Å². The molecule has 1 aromatic heterocycles. The molecular formula is C12H22N6O2. The quantitative estimate of drug-likeness (QED) is 0.673. The molecule has 1 aliphatic rings. The van der Waals surface area contributed by atoms with Gasteiger partial charge in [0.25, 0.3) is 5.91 Å². The summed E-state index contributed by atoms with van der Waals surface area (Å²) in [6.07, 6.45) is 1.73. The number of carbonyl (C=O) groups is 1. The Balaban J connectivity index is 2.09. The number of aliphatic hydroxyl groups is 1. The first-order valence-electron chi connectivity index (χ1n) is 6.75. The van der Waals surface area contributed by atoms with E-state index in [1.54, 1.807) is 15.8 Å². The largest absolute Gasteiger partial charge is 0.391 e. The highest BCUT2D eigenvalue weighted by Gasteiger charge is 2.35. The van der Waals surface area contributed by atoms with Gasteiger partial charge < -0.3 is 20.6 Å². The highest BCUT2D eigenvalue weighted by molar-refractivity contribution is 5.92. The van der Waals surface area contributed by atoms with Crippen LogP contribution in [0.25, 0.3) is 0 Å². The summed E-state index contributed by atoms with van der Waals surface area (Å²) in [4.78, 5) is 16.1. The number of likely N-dealkylation sites (N-methyl/N-ethyl adjacent to an activating group) is 1. The molecule has 1 fully saturated rings. The lowest BCUT2D eigenvalue weighted by atomic mass is 10.2. The van der Waals surface area contributed by atoms with Gasteiger partial charge in [-0.05, 0) is 20.5 Å². The molecule has 20 heavy (non-hydrogen) atoms. The van der Waals surface area contributed by atoms with Gasteiger partial charge in [-0.3, -0.25) is 9.48 Å². The summed E-state index contributed by atoms with van der Waals surface area (Å²) in [5.41, 5.74) is 5.74. The first kappa shape index (κ1) is 14.9. The second kappa shape index (κ2) is 6.29. The number of likely N-dealkylation sites (tertiary alicyclic amines) is 1. The number of nitrogens with two attached hydrogens (primary N) is 1. The molecule has 1 aliphatic heterocycles. The molecule has 8 nitrogen and oxygen atoms in total. The lowest BCUT2D eigenvalue weighted by Gasteiger charge is -2.25. The molecule has 3 N–H and O–H groups in total. The number of rotatable bonds is 5. The Labute approximate surface area is 118 Å². The minimum atomic E-state index is -0.469. The van der Waals surface area contributed by atoms with E-state index in [-0.39, 0.29) is 11.9 Å². The molecule has 0 aromatic carbocycles. The molecule has 0 saturated carbocycles. The predicted octanol–water partition coefficient (Wildman–Crippen LogP) is -1.63. The monoisotopic (exact) mass is 282 g/mol. The van der Waals surface area contributed by atoms with Crippen LogP contribution in [0.1, 0.15) is 16.9 Å². The van der Waals surface area contributed by atoms with E-state index in [1.165, 1.54) is 0 Å². The standard InChI is InChI=1S/C12H22N6O2/c1-16(2)6-9-5-10(19)7-18(9)12(20)11-8-17(4-3-13)15-14-11/h8-10,19H,3-7,13H2,1-2H3. The van der Waals surface area contributed by atoms with Crippen LogP contribution in [0.4, 0.5) is 0 Å². The van der Waals surface area contributed by atoms with Gasteiger partial charge in [-0.1, -0.05) is 5.21 Å². The van der Waals surface area contributed by atoms with Crippen molar-refractivity contribution in [3.05, 3.63) is 11.9 Å². The van der Waals surface area contributed by atoms with E-state index in [2.05, 4.69) is 10.3 Å². The Bertz CT molecular complexity index is 461. The van der Waals surface area contributed by atoms with Gasteiger partial charge in [-0.25, -0.2) is 0 Å². The average molecular weight is 282 g/mol. The van der Waals surface area contributed by atoms with Gasteiger partial charge in [-0.2, -0.15) is 0 Å². The van der Waals surface area contributed by atoms with Gasteiger partial charge in [0.05, 0.1) is 18.8 Å². The third-order valence-corrected chi connectivity index (χ3v) is 3.35. The third-order valence-electron chi connectivity index (χ3n) is 3.35. The van der Waals surface area contributed by atoms with E-state index in [0.29, 0.717) is 31.7 Å². The highest BCUT2D eigenvalue weighted by Crippen LogP contribution is 2.20. The Morgan fingerprint density at radius 3 is 3.00 bits per heavy atom. The highest BCUT2D eigenvalue weighted by atomic mass is 16.3. The van der Waals surface area contributed by atoms with Crippen LogP contribution >= 0.6 is 0 Å². The van der Waals surface area contributed by atoms with Crippen molar-refractivity contribution in [3.63, 3.8) is 0 Å². The Hall–Kier alpha value is -1.51. The zero-order chi connectivity index (χ0) is 14.7. The summed E-state index contributed by atoms with van der Waals surface area (Å²) in [5.74, 6) is -0.184. The molecule has 2 atom stereocenters. The predicted molar refractivity (Wildman–Crippen MR) is 73.1 cm³/mol. The zero-order valence-electron chi connectivity index (χ0n) is 11.9. The summed E-state index contributed by atoms with van der Waals surface area (Å²) in [6.45, 7) is 2.05. The zero-order valence-corrected chi connectivity index (χ0v) is 11.9. The van der Waals surface area contributed by atoms with Gasteiger partial charge in [-0.15, -0.1) is 5.10 Å². The molecule has 0 bridgehead atoms. The summed E-state index contributed by atoms with van der Waals surface area (Å²) in [5, 5.41) is 17.6. The van der Waals surface area contributed by atoms with Crippen molar-refractivity contribution in [3.8, 4) is 0 Å². The number of hydrogen-bond acceptors (Lipinski definition) is 6. The van der Waals surface area contributed by atoms with Crippen LogP contribution in [0.2, 0.25) is 0 Å². The Morgan fingerprint density at radius 1 is 1.60 bits per heavy atom. The summed E-state index contributed by atoms with van der Waals surface area (Å²) < 4.78 is 1.56. The van der Waals surface area contributed by atoms with Crippen molar-refractivity contribution in [1.29, 1.82) is 0 Å². The number of carbonyl (C=O) groups excluding carboxylic acids is 1. The van der Waals surface area contributed by atoms with E-state index in [1.807, 2.05) is 19.0 Å². The molecule has 8 heteroatoms. The van der Waals surface area contributed by atoms with E-state index in [9.17, 15) is 9.90 Å². The van der Waals surface area contributed by atoms with Crippen molar-refractivity contribution >= 4 is 5.91 Å². The topological polar surface area (TPSA) is 101 Å². The Morgan fingerprint density at radius 2 is 2.35 bits per heavy atom. The van der Waals surface area contributed by atoms with Crippen LogP contribution in [0, 0.1) is 0 Å². The van der Waals surface area contributed by atoms with Gasteiger partial charge >= 0.3 is 0 Å². The molecule has 2 heterocycles. The van der Waals surface area contributed by atoms with Crippen LogP contribution in [-0.4, -0.2) is 81.7 Å². The minimum Gasteiger partial charge on any atom is -0.391 e. The SMILES string of the molecule is CN(C)CC1CC(O)CN1C(=O)c1cn(CCN)nn1. The maximum atomic E-state index is 12.5. The number of β-amino-alcohol motifs (C(OH)–C–C–N with tert-alkyl or cyclic N) is 1. The molecule has 1 saturated heterocycles. The molecule has 0 aliphatic carbocycles. The lowest BCUT2D eigenvalue weighted by Crippen LogP contribution is -2.41. The second-order valence-corrected chi connectivity index (χ2v) is 5.42. The molecule has 1 amide bonds. The fraction of sp³-hybridized carbons (Fsp3) is 0.750. The fourth-order valence-electron chi connectivity index (χ4n) is 2.52. The Kier molecular flexibility index (Phi) is 4.69. The van der Waals surface area contributed by atoms with E-state index < -0.39 is 6.10 Å². The van der Waals surface area contributed by atoms with E-state index in [4.69, 9.17) is 5.73 Å². The number of aromatic nitrogens is 3.